The number of aliphatic hydroxyl groups is 5. The lowest BCUT2D eigenvalue weighted by Gasteiger charge is -2.68. The molecule has 0 aromatic heterocycles. The van der Waals surface area contributed by atoms with E-state index >= 15 is 0 Å². The first-order valence-corrected chi connectivity index (χ1v) is 13.3. The van der Waals surface area contributed by atoms with Crippen LogP contribution in [0.15, 0.2) is 11.6 Å². The quantitative estimate of drug-likeness (QED) is 0.385. The lowest BCUT2D eigenvalue weighted by molar-refractivity contribution is -0.228. The predicted molar refractivity (Wildman–Crippen MR) is 127 cm³/mol. The van der Waals surface area contributed by atoms with Crippen molar-refractivity contribution in [2.24, 2.45) is 45.3 Å². The number of allylic oxidation sites excluding steroid dienone is 2. The highest BCUT2D eigenvalue weighted by molar-refractivity contribution is 5.33. The van der Waals surface area contributed by atoms with E-state index in [9.17, 15) is 25.5 Å². The number of aliphatic hydroxyl groups excluding tert-OH is 4. The maximum absolute atomic E-state index is 11.6. The third kappa shape index (κ3) is 3.02. The highest BCUT2D eigenvalue weighted by Crippen LogP contribution is 2.70. The molecule has 5 aliphatic rings. The summed E-state index contributed by atoms with van der Waals surface area (Å²) in [5.41, 5.74) is -0.820. The second-order valence-electron chi connectivity index (χ2n) is 14.1. The fourth-order valence-corrected chi connectivity index (χ4v) is 10.1. The first-order valence-electron chi connectivity index (χ1n) is 13.3. The number of hydrogen-bond acceptors (Lipinski definition) is 5. The molecule has 188 valence electrons. The summed E-state index contributed by atoms with van der Waals surface area (Å²) >= 11 is 0. The molecule has 5 aliphatic carbocycles. The Bertz CT molecular complexity index is 834. The molecule has 0 aliphatic heterocycles. The average Bonchev–Trinajstić information content (AvgIpc) is 2.70. The highest BCUT2D eigenvalue weighted by Gasteiger charge is 2.68. The Morgan fingerprint density at radius 1 is 0.848 bits per heavy atom. The summed E-state index contributed by atoms with van der Waals surface area (Å²) in [5.74, 6) is 0.865. The molecule has 0 saturated heterocycles. The fraction of sp³-hybridized carbons (Fsp3) is 0.929. The van der Waals surface area contributed by atoms with Crippen LogP contribution < -0.4 is 0 Å². The second-order valence-corrected chi connectivity index (χ2v) is 14.1. The lowest BCUT2D eigenvalue weighted by atomic mass is 9.38. The first kappa shape index (κ1) is 24.2. The van der Waals surface area contributed by atoms with E-state index in [1.807, 2.05) is 6.92 Å². The van der Waals surface area contributed by atoms with Crippen LogP contribution in [0.3, 0.4) is 0 Å². The van der Waals surface area contributed by atoms with E-state index in [0.717, 1.165) is 32.1 Å². The molecule has 0 bridgehead atoms. The predicted octanol–water partition coefficient (Wildman–Crippen LogP) is 3.42. The fourth-order valence-electron chi connectivity index (χ4n) is 10.1. The Balaban J connectivity index is 1.58. The number of rotatable bonds is 1. The molecule has 5 N–H and O–H groups in total. The van der Waals surface area contributed by atoms with Gasteiger partial charge in [-0.3, -0.25) is 0 Å². The van der Waals surface area contributed by atoms with Gasteiger partial charge < -0.3 is 25.5 Å². The monoisotopic (exact) mass is 462 g/mol. The van der Waals surface area contributed by atoms with E-state index < -0.39 is 29.3 Å². The Kier molecular flexibility index (Phi) is 5.35. The third-order valence-corrected chi connectivity index (χ3v) is 12.0. The van der Waals surface area contributed by atoms with Gasteiger partial charge in [0, 0.05) is 0 Å². The summed E-state index contributed by atoms with van der Waals surface area (Å²) in [6.07, 6.45) is 6.74. The molecular formula is C28H46O5. The molecule has 0 aromatic rings. The van der Waals surface area contributed by atoms with Gasteiger partial charge in [-0.15, -0.1) is 0 Å². The van der Waals surface area contributed by atoms with Gasteiger partial charge in [0.25, 0.3) is 0 Å². The van der Waals surface area contributed by atoms with Crippen LogP contribution in [-0.2, 0) is 0 Å². The normalized spacial score (nSPS) is 57.8. The summed E-state index contributed by atoms with van der Waals surface area (Å²) in [4.78, 5) is 0. The van der Waals surface area contributed by atoms with Gasteiger partial charge in [0.2, 0.25) is 0 Å². The molecule has 0 amide bonds. The molecule has 4 fully saturated rings. The van der Waals surface area contributed by atoms with Crippen LogP contribution in [0.1, 0.15) is 86.0 Å². The van der Waals surface area contributed by atoms with Crippen molar-refractivity contribution in [2.75, 3.05) is 6.61 Å². The van der Waals surface area contributed by atoms with E-state index in [1.165, 1.54) is 5.57 Å². The van der Waals surface area contributed by atoms with E-state index in [4.69, 9.17) is 0 Å². The SMILES string of the molecule is CC1(C)CC(O)C2(CO)C(O)CC3(C)C(=CCC4C3CCC3C(C)(O)C(O)CCC43C)C2C1. The Morgan fingerprint density at radius 2 is 1.52 bits per heavy atom. The Labute approximate surface area is 199 Å². The summed E-state index contributed by atoms with van der Waals surface area (Å²) in [7, 11) is 0. The van der Waals surface area contributed by atoms with Crippen molar-refractivity contribution < 1.29 is 25.5 Å². The van der Waals surface area contributed by atoms with Crippen LogP contribution >= 0.6 is 0 Å². The topological polar surface area (TPSA) is 101 Å². The van der Waals surface area contributed by atoms with Gasteiger partial charge in [0.15, 0.2) is 0 Å². The van der Waals surface area contributed by atoms with Crippen molar-refractivity contribution in [3.8, 4) is 0 Å². The zero-order valence-corrected chi connectivity index (χ0v) is 21.2. The zero-order chi connectivity index (χ0) is 24.2. The molecule has 4 saturated carbocycles. The van der Waals surface area contributed by atoms with Gasteiger partial charge in [-0.2, -0.15) is 0 Å². The maximum atomic E-state index is 11.6. The Hall–Kier alpha value is -0.460. The van der Waals surface area contributed by atoms with Crippen molar-refractivity contribution in [1.82, 2.24) is 0 Å². The molecule has 0 spiro atoms. The molecular weight excluding hydrogens is 416 g/mol. The van der Waals surface area contributed by atoms with Gasteiger partial charge in [0.05, 0.1) is 35.9 Å². The summed E-state index contributed by atoms with van der Waals surface area (Å²) in [6, 6.07) is 0. The number of fused-ring (bicyclic) bond motifs is 7. The maximum Gasteiger partial charge on any atom is 0.0910 e. The van der Waals surface area contributed by atoms with Gasteiger partial charge in [0.1, 0.15) is 0 Å². The minimum atomic E-state index is -1.06. The van der Waals surface area contributed by atoms with Crippen molar-refractivity contribution in [1.29, 1.82) is 0 Å². The van der Waals surface area contributed by atoms with Crippen LogP contribution in [0.2, 0.25) is 0 Å². The molecule has 11 unspecified atom stereocenters. The molecule has 5 heteroatoms. The molecule has 5 nitrogen and oxygen atoms in total. The van der Waals surface area contributed by atoms with E-state index in [2.05, 4.69) is 33.8 Å². The smallest absolute Gasteiger partial charge is 0.0910 e. The van der Waals surface area contributed by atoms with Crippen LogP contribution in [-0.4, -0.2) is 56.1 Å². The van der Waals surface area contributed by atoms with Gasteiger partial charge in [-0.1, -0.05) is 39.3 Å². The van der Waals surface area contributed by atoms with Crippen LogP contribution in [0.4, 0.5) is 0 Å². The van der Waals surface area contributed by atoms with E-state index in [1.54, 1.807) is 0 Å². The summed E-state index contributed by atoms with van der Waals surface area (Å²) < 4.78 is 0. The summed E-state index contributed by atoms with van der Waals surface area (Å²) in [5, 5.41) is 55.3. The molecule has 0 heterocycles. The molecule has 0 radical (unpaired) electrons. The average molecular weight is 463 g/mol. The van der Waals surface area contributed by atoms with Gasteiger partial charge in [-0.25, -0.2) is 0 Å². The largest absolute Gasteiger partial charge is 0.396 e. The molecule has 33 heavy (non-hydrogen) atoms. The van der Waals surface area contributed by atoms with Gasteiger partial charge >= 0.3 is 0 Å². The van der Waals surface area contributed by atoms with Gasteiger partial charge in [-0.05, 0) is 98.2 Å². The van der Waals surface area contributed by atoms with Crippen molar-refractivity contribution >= 4 is 0 Å². The standard InChI is InChI=1S/C28H46O5/c1-24(2)12-19-18-7-6-16-17(8-9-20-25(16,3)11-10-21(30)27(20,5)33)26(18,4)14-23(32)28(19,15-29)22(31)13-24/h7,16-17,19-23,29-33H,6,8-15H2,1-5H3. The minimum Gasteiger partial charge on any atom is -0.396 e. The first-order chi connectivity index (χ1) is 15.2. The third-order valence-electron chi connectivity index (χ3n) is 12.0. The summed E-state index contributed by atoms with van der Waals surface area (Å²) in [6.45, 7) is 10.7. The number of hydrogen-bond donors (Lipinski definition) is 5. The van der Waals surface area contributed by atoms with Crippen LogP contribution in [0.25, 0.3) is 0 Å². The highest BCUT2D eigenvalue weighted by atomic mass is 16.3. The lowest BCUT2D eigenvalue weighted by Crippen LogP contribution is -2.67. The molecule has 5 rings (SSSR count). The van der Waals surface area contributed by atoms with E-state index in [-0.39, 0.29) is 34.7 Å². The van der Waals surface area contributed by atoms with Crippen molar-refractivity contribution in [2.45, 2.75) is 110 Å². The molecule has 11 atom stereocenters. The van der Waals surface area contributed by atoms with Crippen molar-refractivity contribution in [3.63, 3.8) is 0 Å². The zero-order valence-electron chi connectivity index (χ0n) is 21.2. The van der Waals surface area contributed by atoms with Crippen LogP contribution in [0, 0.1) is 45.3 Å². The Morgan fingerprint density at radius 3 is 2.18 bits per heavy atom. The van der Waals surface area contributed by atoms with Crippen molar-refractivity contribution in [3.05, 3.63) is 11.6 Å². The minimum absolute atomic E-state index is 0.0160. The molecule has 0 aromatic carbocycles. The van der Waals surface area contributed by atoms with E-state index in [0.29, 0.717) is 31.1 Å². The van der Waals surface area contributed by atoms with Crippen LogP contribution in [0.5, 0.6) is 0 Å². The second kappa shape index (κ2) is 7.29.